The molecule has 0 aliphatic rings. The van der Waals surface area contributed by atoms with Crippen LogP contribution in [-0.2, 0) is 11.2 Å². The van der Waals surface area contributed by atoms with Crippen molar-refractivity contribution in [2.45, 2.75) is 13.3 Å². The maximum absolute atomic E-state index is 10.6. The number of carboxylic acids is 1. The van der Waals surface area contributed by atoms with Crippen LogP contribution in [0.4, 0.5) is 11.7 Å². The lowest BCUT2D eigenvalue weighted by atomic mass is 10.3. The summed E-state index contributed by atoms with van der Waals surface area (Å²) in [5, 5.41) is 20.8. The molecule has 1 aromatic heterocycles. The highest BCUT2D eigenvalue weighted by Crippen LogP contribution is 2.22. The first-order valence-corrected chi connectivity index (χ1v) is 5.29. The predicted octanol–water partition coefficient (Wildman–Crippen LogP) is 2.06. The minimum atomic E-state index is -0.974. The van der Waals surface area contributed by atoms with Gasteiger partial charge in [-0.3, -0.25) is 4.79 Å². The minimum absolute atomic E-state index is 0.119. The summed E-state index contributed by atoms with van der Waals surface area (Å²) in [6.45, 7) is 1.68. The molecule has 2 aromatic rings. The third-order valence-corrected chi connectivity index (χ3v) is 2.30. The molecular formula is C12H12N2O4. The van der Waals surface area contributed by atoms with Gasteiger partial charge in [-0.05, 0) is 19.1 Å². The van der Waals surface area contributed by atoms with E-state index in [2.05, 4.69) is 10.3 Å². The van der Waals surface area contributed by atoms with Gasteiger partial charge in [-0.15, -0.1) is 0 Å². The number of aryl methyl sites for hydroxylation is 1. The Hall–Kier alpha value is -2.50. The molecule has 0 atom stereocenters. The number of hydrogen-bond donors (Lipinski definition) is 3. The zero-order valence-electron chi connectivity index (χ0n) is 9.67. The standard InChI is InChI=1S/C12H12N2O4/c1-7-10(6-11(16)17)18-12(13-7)14-8-3-2-4-9(15)5-8/h2-5,15H,6H2,1H3,(H,13,14)(H,16,17). The van der Waals surface area contributed by atoms with Crippen LogP contribution in [0.2, 0.25) is 0 Å². The zero-order valence-corrected chi connectivity index (χ0v) is 9.67. The first kappa shape index (κ1) is 12.0. The normalized spacial score (nSPS) is 10.3. The van der Waals surface area contributed by atoms with Gasteiger partial charge in [0.05, 0.1) is 5.69 Å². The predicted molar refractivity (Wildman–Crippen MR) is 64.0 cm³/mol. The summed E-state index contributed by atoms with van der Waals surface area (Å²) in [6.07, 6.45) is -0.208. The Balaban J connectivity index is 2.17. The second kappa shape index (κ2) is 4.79. The van der Waals surface area contributed by atoms with Crippen LogP contribution in [-0.4, -0.2) is 21.2 Å². The average Bonchev–Trinajstić information content (AvgIpc) is 2.58. The van der Waals surface area contributed by atoms with Crippen LogP contribution >= 0.6 is 0 Å². The summed E-state index contributed by atoms with van der Waals surface area (Å²) >= 11 is 0. The number of aromatic hydroxyl groups is 1. The van der Waals surface area contributed by atoms with E-state index in [-0.39, 0.29) is 18.2 Å². The number of anilines is 2. The van der Waals surface area contributed by atoms with Gasteiger partial charge in [-0.25, -0.2) is 0 Å². The third-order valence-electron chi connectivity index (χ3n) is 2.30. The van der Waals surface area contributed by atoms with E-state index in [9.17, 15) is 9.90 Å². The lowest BCUT2D eigenvalue weighted by Crippen LogP contribution is -1.99. The quantitative estimate of drug-likeness (QED) is 0.766. The maximum Gasteiger partial charge on any atom is 0.311 e. The molecule has 1 aromatic carbocycles. The summed E-state index contributed by atoms with van der Waals surface area (Å²) in [4.78, 5) is 14.7. The van der Waals surface area contributed by atoms with E-state index < -0.39 is 5.97 Å². The van der Waals surface area contributed by atoms with Gasteiger partial charge in [0.25, 0.3) is 6.01 Å². The van der Waals surface area contributed by atoms with Gasteiger partial charge in [0, 0.05) is 11.8 Å². The van der Waals surface area contributed by atoms with E-state index in [0.717, 1.165) is 0 Å². The van der Waals surface area contributed by atoms with Crippen molar-refractivity contribution >= 4 is 17.7 Å². The number of benzene rings is 1. The highest BCUT2D eigenvalue weighted by molar-refractivity contribution is 5.69. The van der Waals surface area contributed by atoms with Crippen molar-refractivity contribution in [3.63, 3.8) is 0 Å². The van der Waals surface area contributed by atoms with E-state index in [4.69, 9.17) is 9.52 Å². The molecule has 0 spiro atoms. The van der Waals surface area contributed by atoms with Gasteiger partial charge >= 0.3 is 5.97 Å². The van der Waals surface area contributed by atoms with Crippen LogP contribution in [0.25, 0.3) is 0 Å². The van der Waals surface area contributed by atoms with Crippen molar-refractivity contribution in [1.82, 2.24) is 4.98 Å². The highest BCUT2D eigenvalue weighted by atomic mass is 16.4. The number of aromatic nitrogens is 1. The van der Waals surface area contributed by atoms with Gasteiger partial charge in [0.1, 0.15) is 17.9 Å². The van der Waals surface area contributed by atoms with Crippen LogP contribution in [0, 0.1) is 6.92 Å². The molecule has 6 nitrogen and oxygen atoms in total. The molecule has 0 unspecified atom stereocenters. The minimum Gasteiger partial charge on any atom is -0.508 e. The molecule has 1 heterocycles. The van der Waals surface area contributed by atoms with Gasteiger partial charge in [-0.2, -0.15) is 4.98 Å². The molecule has 3 N–H and O–H groups in total. The van der Waals surface area contributed by atoms with E-state index >= 15 is 0 Å². The van der Waals surface area contributed by atoms with Crippen molar-refractivity contribution in [3.05, 3.63) is 35.7 Å². The lowest BCUT2D eigenvalue weighted by Gasteiger charge is -2.01. The number of phenolic OH excluding ortho intramolecular Hbond substituents is 1. The number of hydrogen-bond acceptors (Lipinski definition) is 5. The van der Waals surface area contributed by atoms with Gasteiger partial charge in [-0.1, -0.05) is 6.07 Å². The first-order valence-electron chi connectivity index (χ1n) is 5.29. The van der Waals surface area contributed by atoms with E-state index in [1.54, 1.807) is 25.1 Å². The fourth-order valence-corrected chi connectivity index (χ4v) is 1.49. The van der Waals surface area contributed by atoms with Crippen molar-refractivity contribution in [2.75, 3.05) is 5.32 Å². The molecule has 0 aliphatic carbocycles. The summed E-state index contributed by atoms with van der Waals surface area (Å²) in [7, 11) is 0. The smallest absolute Gasteiger partial charge is 0.311 e. The molecule has 2 rings (SSSR count). The number of aliphatic carboxylic acids is 1. The number of nitrogens with zero attached hydrogens (tertiary/aromatic N) is 1. The molecule has 0 aliphatic heterocycles. The molecule has 0 fully saturated rings. The molecule has 18 heavy (non-hydrogen) atoms. The Morgan fingerprint density at radius 1 is 1.50 bits per heavy atom. The maximum atomic E-state index is 10.6. The SMILES string of the molecule is Cc1nc(Nc2cccc(O)c2)oc1CC(=O)O. The third kappa shape index (κ3) is 2.79. The number of carboxylic acid groups (broad SMARTS) is 1. The summed E-state index contributed by atoms with van der Waals surface area (Å²) in [5.74, 6) is -0.544. The molecule has 94 valence electrons. The number of phenols is 1. The molecule has 0 amide bonds. The Kier molecular flexibility index (Phi) is 3.18. The summed E-state index contributed by atoms with van der Waals surface area (Å²) < 4.78 is 5.28. The Morgan fingerprint density at radius 2 is 2.28 bits per heavy atom. The van der Waals surface area contributed by atoms with E-state index in [0.29, 0.717) is 17.1 Å². The largest absolute Gasteiger partial charge is 0.508 e. The van der Waals surface area contributed by atoms with Gasteiger partial charge in [0.2, 0.25) is 0 Å². The van der Waals surface area contributed by atoms with Crippen molar-refractivity contribution in [1.29, 1.82) is 0 Å². The van der Waals surface area contributed by atoms with Crippen LogP contribution in [0.15, 0.2) is 28.7 Å². The topological polar surface area (TPSA) is 95.6 Å². The Bertz CT molecular complexity index is 577. The van der Waals surface area contributed by atoms with Crippen LogP contribution in [0.3, 0.4) is 0 Å². The van der Waals surface area contributed by atoms with Crippen molar-refractivity contribution < 1.29 is 19.4 Å². The first-order chi connectivity index (χ1) is 8.54. The molecule has 0 saturated carbocycles. The molecule has 0 saturated heterocycles. The number of oxazole rings is 1. The summed E-state index contributed by atoms with van der Waals surface area (Å²) in [6, 6.07) is 6.66. The van der Waals surface area contributed by atoms with Crippen LogP contribution < -0.4 is 5.32 Å². The van der Waals surface area contributed by atoms with Gasteiger partial charge < -0.3 is 19.9 Å². The Labute approximate surface area is 103 Å². The van der Waals surface area contributed by atoms with Crippen molar-refractivity contribution in [3.8, 4) is 5.75 Å². The second-order valence-corrected chi connectivity index (χ2v) is 3.77. The molecule has 0 bridgehead atoms. The van der Waals surface area contributed by atoms with Crippen LogP contribution in [0.1, 0.15) is 11.5 Å². The number of carbonyl (C=O) groups is 1. The lowest BCUT2D eigenvalue weighted by molar-refractivity contribution is -0.136. The molecule has 0 radical (unpaired) electrons. The number of nitrogens with one attached hydrogen (secondary N) is 1. The van der Waals surface area contributed by atoms with E-state index in [1.165, 1.54) is 6.07 Å². The van der Waals surface area contributed by atoms with Gasteiger partial charge in [0.15, 0.2) is 0 Å². The fourth-order valence-electron chi connectivity index (χ4n) is 1.49. The monoisotopic (exact) mass is 248 g/mol. The highest BCUT2D eigenvalue weighted by Gasteiger charge is 2.12. The summed E-state index contributed by atoms with van der Waals surface area (Å²) in [5.41, 5.74) is 1.14. The number of rotatable bonds is 4. The molecular weight excluding hydrogens is 236 g/mol. The zero-order chi connectivity index (χ0) is 13.1. The van der Waals surface area contributed by atoms with E-state index in [1.807, 2.05) is 0 Å². The average molecular weight is 248 g/mol. The second-order valence-electron chi connectivity index (χ2n) is 3.77. The fraction of sp³-hybridized carbons (Fsp3) is 0.167. The Morgan fingerprint density at radius 3 is 2.94 bits per heavy atom. The van der Waals surface area contributed by atoms with Crippen LogP contribution in [0.5, 0.6) is 5.75 Å². The molecule has 6 heteroatoms. The van der Waals surface area contributed by atoms with Crippen molar-refractivity contribution in [2.24, 2.45) is 0 Å².